The van der Waals surface area contributed by atoms with Crippen LogP contribution in [0.4, 0.5) is 0 Å². The Bertz CT molecular complexity index is 860. The van der Waals surface area contributed by atoms with Crippen molar-refractivity contribution in [2.75, 3.05) is 0 Å². The van der Waals surface area contributed by atoms with Gasteiger partial charge in [0.25, 0.3) is 0 Å². The molecule has 3 saturated carbocycles. The first-order valence-electron chi connectivity index (χ1n) is 12.9. The van der Waals surface area contributed by atoms with Crippen LogP contribution in [0.3, 0.4) is 0 Å². The van der Waals surface area contributed by atoms with Crippen molar-refractivity contribution in [3.63, 3.8) is 0 Å². The normalized spacial score (nSPS) is 47.2. The second-order valence-corrected chi connectivity index (χ2v) is 13.2. The van der Waals surface area contributed by atoms with Crippen LogP contribution in [-0.2, 0) is 4.79 Å². The summed E-state index contributed by atoms with van der Waals surface area (Å²) in [6, 6.07) is 0. The highest BCUT2D eigenvalue weighted by molar-refractivity contribution is 5.95. The summed E-state index contributed by atoms with van der Waals surface area (Å²) in [7, 11) is 0. The summed E-state index contributed by atoms with van der Waals surface area (Å²) >= 11 is 0. The molecule has 3 fully saturated rings. The molecule has 0 aromatic rings. The molecule has 0 amide bonds. The zero-order chi connectivity index (χ0) is 25.5. The number of hydrogen-bond donors (Lipinski definition) is 6. The molecule has 194 valence electrons. The summed E-state index contributed by atoms with van der Waals surface area (Å²) in [4.78, 5) is 13.2. The number of carbonyl (C=O) groups excluding carboxylic acids is 1. The minimum Gasteiger partial charge on any atom is -0.390 e. The number of hydrogen-bond acceptors (Lipinski definition) is 7. The number of fused-ring (bicyclic) bond motifs is 5. The predicted molar refractivity (Wildman–Crippen MR) is 127 cm³/mol. The molecule has 0 spiro atoms. The van der Waals surface area contributed by atoms with Gasteiger partial charge < -0.3 is 30.6 Å². The molecular weight excluding hydrogens is 436 g/mol. The lowest BCUT2D eigenvalue weighted by Gasteiger charge is -2.60. The van der Waals surface area contributed by atoms with Crippen LogP contribution in [0.2, 0.25) is 0 Å². The van der Waals surface area contributed by atoms with Crippen LogP contribution >= 0.6 is 0 Å². The summed E-state index contributed by atoms with van der Waals surface area (Å²) in [6.45, 7) is 8.96. The predicted octanol–water partition coefficient (Wildman–Crippen LogP) is 1.85. The van der Waals surface area contributed by atoms with Crippen molar-refractivity contribution in [3.05, 3.63) is 11.6 Å². The molecule has 34 heavy (non-hydrogen) atoms. The van der Waals surface area contributed by atoms with E-state index in [1.807, 2.05) is 13.8 Å². The third kappa shape index (κ3) is 3.73. The van der Waals surface area contributed by atoms with E-state index >= 15 is 0 Å². The van der Waals surface area contributed by atoms with Gasteiger partial charge in [0.1, 0.15) is 0 Å². The van der Waals surface area contributed by atoms with Gasteiger partial charge in [-0.3, -0.25) is 4.79 Å². The summed E-state index contributed by atoms with van der Waals surface area (Å²) in [5.74, 6) is -0.948. The number of carbonyl (C=O) groups is 1. The fourth-order valence-corrected chi connectivity index (χ4v) is 8.32. The largest absolute Gasteiger partial charge is 0.390 e. The van der Waals surface area contributed by atoms with Crippen molar-refractivity contribution in [1.29, 1.82) is 0 Å². The van der Waals surface area contributed by atoms with Gasteiger partial charge in [0.2, 0.25) is 0 Å². The highest BCUT2D eigenvalue weighted by atomic mass is 16.3. The zero-order valence-corrected chi connectivity index (χ0v) is 21.3. The van der Waals surface area contributed by atoms with Crippen molar-refractivity contribution < 1.29 is 35.4 Å². The topological polar surface area (TPSA) is 138 Å². The minimum atomic E-state index is -1.46. The second kappa shape index (κ2) is 8.09. The van der Waals surface area contributed by atoms with Gasteiger partial charge in [0.05, 0.1) is 35.1 Å². The van der Waals surface area contributed by atoms with Crippen molar-refractivity contribution in [2.24, 2.45) is 28.6 Å². The Labute approximate surface area is 202 Å². The summed E-state index contributed by atoms with van der Waals surface area (Å²) in [6.07, 6.45) is 2.11. The Morgan fingerprint density at radius 3 is 2.32 bits per heavy atom. The quantitative estimate of drug-likeness (QED) is 0.353. The lowest BCUT2D eigenvalue weighted by Crippen LogP contribution is -2.62. The maximum Gasteiger partial charge on any atom is 0.159 e. The molecule has 7 heteroatoms. The molecule has 4 aliphatic rings. The Morgan fingerprint density at radius 2 is 1.71 bits per heavy atom. The highest BCUT2D eigenvalue weighted by Crippen LogP contribution is 2.68. The van der Waals surface area contributed by atoms with E-state index in [1.165, 1.54) is 0 Å². The van der Waals surface area contributed by atoms with E-state index in [1.54, 1.807) is 26.8 Å². The van der Waals surface area contributed by atoms with E-state index in [0.717, 1.165) is 0 Å². The molecule has 10 atom stereocenters. The maximum atomic E-state index is 13.2. The molecule has 0 saturated heterocycles. The van der Waals surface area contributed by atoms with Gasteiger partial charge in [0, 0.05) is 11.3 Å². The van der Waals surface area contributed by atoms with Crippen LogP contribution < -0.4 is 0 Å². The Balaban J connectivity index is 1.66. The minimum absolute atomic E-state index is 0.0840. The lowest BCUT2D eigenvalue weighted by atomic mass is 9.45. The van der Waals surface area contributed by atoms with Crippen LogP contribution in [0.25, 0.3) is 0 Å². The third-order valence-corrected chi connectivity index (χ3v) is 10.5. The van der Waals surface area contributed by atoms with Crippen LogP contribution in [0.1, 0.15) is 86.0 Å². The number of allylic oxidation sites excluding steroid dienone is 1. The van der Waals surface area contributed by atoms with Crippen LogP contribution in [0, 0.1) is 28.6 Å². The first-order chi connectivity index (χ1) is 15.5. The van der Waals surface area contributed by atoms with Gasteiger partial charge in [0.15, 0.2) is 5.78 Å². The first-order valence-corrected chi connectivity index (χ1v) is 12.9. The molecule has 4 aliphatic carbocycles. The van der Waals surface area contributed by atoms with E-state index < -0.39 is 45.9 Å². The average Bonchev–Trinajstić information content (AvgIpc) is 3.00. The molecule has 0 bridgehead atoms. The van der Waals surface area contributed by atoms with Crippen molar-refractivity contribution in [2.45, 2.75) is 121 Å². The molecule has 0 heterocycles. The van der Waals surface area contributed by atoms with Gasteiger partial charge >= 0.3 is 0 Å². The third-order valence-electron chi connectivity index (χ3n) is 10.5. The molecule has 4 rings (SSSR count). The van der Waals surface area contributed by atoms with E-state index in [2.05, 4.69) is 0 Å². The SMILES string of the molecule is CC(C)(O)CC[C@H](O)[C@](C)(O)[C@H]1CC[C@@]2(O)C3=CC(=O)[C@H]4C[C@H](O)[C@@H](O)C[C@]4(C)[C@@H]3CC[C@]12C. The average molecular weight is 481 g/mol. The monoisotopic (exact) mass is 480 g/mol. The fourth-order valence-electron chi connectivity index (χ4n) is 8.32. The van der Waals surface area contributed by atoms with Crippen LogP contribution in [-0.4, -0.2) is 71.5 Å². The van der Waals surface area contributed by atoms with Crippen LogP contribution in [0.15, 0.2) is 11.6 Å². The molecule has 0 aromatic carbocycles. The summed E-state index contributed by atoms with van der Waals surface area (Å²) in [5, 5.41) is 65.5. The molecule has 0 aliphatic heterocycles. The van der Waals surface area contributed by atoms with Gasteiger partial charge in [-0.25, -0.2) is 0 Å². The number of aliphatic hydroxyl groups is 6. The molecule has 0 radical (unpaired) electrons. The first kappa shape index (κ1) is 26.2. The van der Waals surface area contributed by atoms with Gasteiger partial charge in [-0.1, -0.05) is 13.8 Å². The van der Waals surface area contributed by atoms with Crippen molar-refractivity contribution >= 4 is 5.78 Å². The van der Waals surface area contributed by atoms with E-state index in [0.29, 0.717) is 44.1 Å². The van der Waals surface area contributed by atoms with E-state index in [9.17, 15) is 35.4 Å². The number of rotatable bonds is 5. The zero-order valence-electron chi connectivity index (χ0n) is 21.3. The molecular formula is C27H44O7. The fraction of sp³-hybridized carbons (Fsp3) is 0.889. The number of aliphatic hydroxyl groups excluding tert-OH is 3. The smallest absolute Gasteiger partial charge is 0.159 e. The van der Waals surface area contributed by atoms with E-state index in [-0.39, 0.29) is 36.4 Å². The molecule has 7 nitrogen and oxygen atoms in total. The lowest BCUT2D eigenvalue weighted by molar-refractivity contribution is -0.177. The van der Waals surface area contributed by atoms with E-state index in [4.69, 9.17) is 0 Å². The Kier molecular flexibility index (Phi) is 6.24. The highest BCUT2D eigenvalue weighted by Gasteiger charge is 2.69. The van der Waals surface area contributed by atoms with Gasteiger partial charge in [-0.15, -0.1) is 0 Å². The van der Waals surface area contributed by atoms with Gasteiger partial charge in [-0.2, -0.15) is 0 Å². The Morgan fingerprint density at radius 1 is 1.06 bits per heavy atom. The standard InChI is InChI=1S/C27H44O7/c1-23(2,32)9-8-22(31)26(5,33)21-7-11-27(34)16-12-18(28)17-13-19(29)20(30)14-24(17,3)15(16)6-10-25(21,27)4/h12,15,17,19-22,29-34H,6-11,13-14H2,1-5H3/t15-,17-,19+,20+,21+,22+,24-,25-,26-,27-/m1/s1. The van der Waals surface area contributed by atoms with Crippen LogP contribution in [0.5, 0.6) is 0 Å². The maximum absolute atomic E-state index is 13.2. The molecule has 6 N–H and O–H groups in total. The Hall–Kier alpha value is -0.830. The van der Waals surface area contributed by atoms with Crippen molar-refractivity contribution in [3.8, 4) is 0 Å². The van der Waals surface area contributed by atoms with Crippen molar-refractivity contribution in [1.82, 2.24) is 0 Å². The summed E-state index contributed by atoms with van der Waals surface area (Å²) in [5.41, 5.74) is -4.27. The molecule has 0 unspecified atom stereocenters. The molecule has 0 aromatic heterocycles. The number of ketones is 1. The van der Waals surface area contributed by atoms with Gasteiger partial charge in [-0.05, 0) is 101 Å². The summed E-state index contributed by atoms with van der Waals surface area (Å²) < 4.78 is 0. The second-order valence-electron chi connectivity index (χ2n) is 13.2.